The molecule has 108 valence electrons. The van der Waals surface area contributed by atoms with Crippen molar-refractivity contribution in [1.82, 2.24) is 0 Å². The van der Waals surface area contributed by atoms with E-state index in [0.717, 1.165) is 5.56 Å². The molecule has 0 aliphatic heterocycles. The second-order valence-corrected chi connectivity index (χ2v) is 5.38. The third-order valence-electron chi connectivity index (χ3n) is 2.86. The number of halogens is 1. The zero-order chi connectivity index (χ0) is 15.6. The lowest BCUT2D eigenvalue weighted by Gasteiger charge is -2.09. The van der Waals surface area contributed by atoms with Crippen LogP contribution in [0.2, 0.25) is 0 Å². The molecule has 1 amide bonds. The molecule has 21 heavy (non-hydrogen) atoms. The third-order valence-corrected chi connectivity index (χ3v) is 3.35. The van der Waals surface area contributed by atoms with Crippen molar-refractivity contribution in [2.75, 3.05) is 11.1 Å². The van der Waals surface area contributed by atoms with Crippen LogP contribution in [0.5, 0.6) is 0 Å². The van der Waals surface area contributed by atoms with Crippen LogP contribution in [0.4, 0.5) is 17.1 Å². The van der Waals surface area contributed by atoms with Gasteiger partial charge in [-0.15, -0.1) is 0 Å². The van der Waals surface area contributed by atoms with Gasteiger partial charge in [0.1, 0.15) is 5.69 Å². The van der Waals surface area contributed by atoms with Gasteiger partial charge in [-0.25, -0.2) is 0 Å². The molecule has 0 saturated heterocycles. The number of nitrogen functional groups attached to an aromatic ring is 1. The van der Waals surface area contributed by atoms with Gasteiger partial charge in [0.05, 0.1) is 10.5 Å². The van der Waals surface area contributed by atoms with E-state index in [-0.39, 0.29) is 16.9 Å². The molecular formula is C14H12BrN3O3. The van der Waals surface area contributed by atoms with Crippen LogP contribution in [0, 0.1) is 17.0 Å². The van der Waals surface area contributed by atoms with Gasteiger partial charge in [-0.3, -0.25) is 14.9 Å². The summed E-state index contributed by atoms with van der Waals surface area (Å²) >= 11 is 3.26. The molecule has 0 atom stereocenters. The molecule has 2 aromatic carbocycles. The zero-order valence-corrected chi connectivity index (χ0v) is 12.7. The first-order valence-electron chi connectivity index (χ1n) is 6.00. The predicted molar refractivity (Wildman–Crippen MR) is 84.3 cm³/mol. The van der Waals surface area contributed by atoms with Crippen molar-refractivity contribution in [3.05, 3.63) is 62.1 Å². The average Bonchev–Trinajstić information content (AvgIpc) is 2.41. The minimum Gasteiger partial charge on any atom is -0.398 e. The van der Waals surface area contributed by atoms with Crippen molar-refractivity contribution in [3.63, 3.8) is 0 Å². The highest BCUT2D eigenvalue weighted by Crippen LogP contribution is 2.27. The van der Waals surface area contributed by atoms with Gasteiger partial charge < -0.3 is 11.1 Å². The Balaban J connectivity index is 2.38. The first kappa shape index (κ1) is 15.0. The quantitative estimate of drug-likeness (QED) is 0.503. The molecule has 0 saturated carbocycles. The molecule has 0 unspecified atom stereocenters. The number of carbonyl (C=O) groups excluding carboxylic acids is 1. The first-order chi connectivity index (χ1) is 9.88. The van der Waals surface area contributed by atoms with E-state index >= 15 is 0 Å². The molecule has 0 aliphatic carbocycles. The molecule has 2 rings (SSSR count). The standard InChI is InChI=1S/C14H12BrN3O3/c1-8-2-5-13(18(20)21)12(6-8)17-14(19)10-7-9(15)3-4-11(10)16/h2-7H,16H2,1H3,(H,17,19). The molecular weight excluding hydrogens is 338 g/mol. The Morgan fingerprint density at radius 2 is 2.00 bits per heavy atom. The van der Waals surface area contributed by atoms with Crippen molar-refractivity contribution in [1.29, 1.82) is 0 Å². The highest BCUT2D eigenvalue weighted by Gasteiger charge is 2.18. The van der Waals surface area contributed by atoms with E-state index in [9.17, 15) is 14.9 Å². The van der Waals surface area contributed by atoms with E-state index in [1.54, 1.807) is 37.3 Å². The summed E-state index contributed by atoms with van der Waals surface area (Å²) in [4.78, 5) is 22.7. The van der Waals surface area contributed by atoms with Crippen molar-refractivity contribution < 1.29 is 9.72 Å². The summed E-state index contributed by atoms with van der Waals surface area (Å²) in [7, 11) is 0. The molecule has 0 spiro atoms. The molecule has 2 aromatic rings. The smallest absolute Gasteiger partial charge is 0.292 e. The van der Waals surface area contributed by atoms with Crippen LogP contribution in [0.25, 0.3) is 0 Å². The maximum absolute atomic E-state index is 12.2. The normalized spacial score (nSPS) is 10.2. The first-order valence-corrected chi connectivity index (χ1v) is 6.79. The van der Waals surface area contributed by atoms with Crippen LogP contribution in [0.3, 0.4) is 0 Å². The van der Waals surface area contributed by atoms with Crippen molar-refractivity contribution in [3.8, 4) is 0 Å². The van der Waals surface area contributed by atoms with Gasteiger partial charge in [0.15, 0.2) is 0 Å². The van der Waals surface area contributed by atoms with Crippen LogP contribution in [0.1, 0.15) is 15.9 Å². The summed E-state index contributed by atoms with van der Waals surface area (Å²) in [6, 6.07) is 9.37. The minimum atomic E-state index is -0.542. The maximum atomic E-state index is 12.2. The van der Waals surface area contributed by atoms with Crippen LogP contribution >= 0.6 is 15.9 Å². The summed E-state index contributed by atoms with van der Waals surface area (Å²) < 4.78 is 0.695. The van der Waals surface area contributed by atoms with Crippen molar-refractivity contribution in [2.24, 2.45) is 0 Å². The highest BCUT2D eigenvalue weighted by molar-refractivity contribution is 9.10. The lowest BCUT2D eigenvalue weighted by Crippen LogP contribution is -2.15. The SMILES string of the molecule is Cc1ccc([N+](=O)[O-])c(NC(=O)c2cc(Br)ccc2N)c1. The number of anilines is 2. The molecule has 0 radical (unpaired) electrons. The van der Waals surface area contributed by atoms with Gasteiger partial charge in [-0.1, -0.05) is 22.0 Å². The number of hydrogen-bond acceptors (Lipinski definition) is 4. The fraction of sp³-hybridized carbons (Fsp3) is 0.0714. The lowest BCUT2D eigenvalue weighted by atomic mass is 10.1. The van der Waals surface area contributed by atoms with Gasteiger partial charge in [0.2, 0.25) is 0 Å². The van der Waals surface area contributed by atoms with E-state index in [1.165, 1.54) is 6.07 Å². The monoisotopic (exact) mass is 349 g/mol. The number of carbonyl (C=O) groups is 1. The Hall–Kier alpha value is -2.41. The molecule has 0 fully saturated rings. The van der Waals surface area contributed by atoms with Gasteiger partial charge in [-0.05, 0) is 36.8 Å². The molecule has 3 N–H and O–H groups in total. The highest BCUT2D eigenvalue weighted by atomic mass is 79.9. The number of nitrogens with one attached hydrogen (secondary N) is 1. The summed E-state index contributed by atoms with van der Waals surface area (Å²) in [5.41, 5.74) is 7.09. The third kappa shape index (κ3) is 3.38. The Morgan fingerprint density at radius 1 is 1.29 bits per heavy atom. The molecule has 0 aliphatic rings. The zero-order valence-electron chi connectivity index (χ0n) is 11.1. The minimum absolute atomic E-state index is 0.143. The fourth-order valence-corrected chi connectivity index (χ4v) is 2.19. The number of amides is 1. The van der Waals surface area contributed by atoms with E-state index < -0.39 is 10.8 Å². The summed E-state index contributed by atoms with van der Waals surface area (Å²) in [5, 5.41) is 13.5. The number of benzene rings is 2. The van der Waals surface area contributed by atoms with E-state index in [4.69, 9.17) is 5.73 Å². The van der Waals surface area contributed by atoms with Crippen LogP contribution in [-0.2, 0) is 0 Å². The van der Waals surface area contributed by atoms with Crippen molar-refractivity contribution in [2.45, 2.75) is 6.92 Å². The summed E-state index contributed by atoms with van der Waals surface area (Å²) in [6.07, 6.45) is 0. The number of nitrogens with two attached hydrogens (primary N) is 1. The van der Waals surface area contributed by atoms with Crippen LogP contribution in [-0.4, -0.2) is 10.8 Å². The lowest BCUT2D eigenvalue weighted by molar-refractivity contribution is -0.383. The second-order valence-electron chi connectivity index (χ2n) is 4.46. The molecule has 0 heterocycles. The number of rotatable bonds is 3. The number of nitro groups is 1. The summed E-state index contributed by atoms with van der Waals surface area (Å²) in [6.45, 7) is 1.78. The van der Waals surface area contributed by atoms with Gasteiger partial charge >= 0.3 is 0 Å². The molecule has 7 heteroatoms. The molecule has 0 aromatic heterocycles. The van der Waals surface area contributed by atoms with Gasteiger partial charge in [0.25, 0.3) is 11.6 Å². The van der Waals surface area contributed by atoms with Crippen LogP contribution in [0.15, 0.2) is 40.9 Å². The number of aryl methyl sites for hydroxylation is 1. The second kappa shape index (κ2) is 5.92. The largest absolute Gasteiger partial charge is 0.398 e. The number of nitro benzene ring substituents is 1. The molecule has 0 bridgehead atoms. The topological polar surface area (TPSA) is 98.3 Å². The average molecular weight is 350 g/mol. The fourth-order valence-electron chi connectivity index (χ4n) is 1.82. The molecule has 6 nitrogen and oxygen atoms in total. The number of nitrogens with zero attached hydrogens (tertiary/aromatic N) is 1. The van der Waals surface area contributed by atoms with E-state index in [0.29, 0.717) is 10.2 Å². The Bertz CT molecular complexity index is 731. The summed E-state index contributed by atoms with van der Waals surface area (Å²) in [5.74, 6) is -0.498. The maximum Gasteiger partial charge on any atom is 0.292 e. The predicted octanol–water partition coefficient (Wildman–Crippen LogP) is 3.50. The number of hydrogen-bond donors (Lipinski definition) is 2. The van der Waals surface area contributed by atoms with Crippen molar-refractivity contribution >= 4 is 38.9 Å². The van der Waals surface area contributed by atoms with Gasteiger partial charge in [-0.2, -0.15) is 0 Å². The Morgan fingerprint density at radius 3 is 2.67 bits per heavy atom. The van der Waals surface area contributed by atoms with E-state index in [1.807, 2.05) is 0 Å². The Labute approximate surface area is 129 Å². The van der Waals surface area contributed by atoms with Crippen LogP contribution < -0.4 is 11.1 Å². The van der Waals surface area contributed by atoms with E-state index in [2.05, 4.69) is 21.2 Å². The van der Waals surface area contributed by atoms with Gasteiger partial charge in [0, 0.05) is 16.2 Å². The Kier molecular flexibility index (Phi) is 4.23.